The minimum Gasteiger partial charge on any atom is -0.465 e. The number of likely N-dealkylation sites (tertiary alicyclic amines) is 1. The number of carboxylic acid groups (broad SMARTS) is 1. The Labute approximate surface area is 158 Å². The molecule has 26 heavy (non-hydrogen) atoms. The van der Waals surface area contributed by atoms with Gasteiger partial charge in [0, 0.05) is 29.6 Å². The van der Waals surface area contributed by atoms with Gasteiger partial charge in [0.25, 0.3) is 0 Å². The Morgan fingerprint density at radius 2 is 1.81 bits per heavy atom. The van der Waals surface area contributed by atoms with Crippen molar-refractivity contribution < 1.29 is 19.8 Å². The highest BCUT2D eigenvalue weighted by Gasteiger charge is 2.62. The van der Waals surface area contributed by atoms with Crippen LogP contribution in [0.25, 0.3) is 0 Å². The molecule has 0 aromatic heterocycles. The monoisotopic (exact) mass is 380 g/mol. The van der Waals surface area contributed by atoms with E-state index in [2.05, 4.69) is 5.32 Å². The van der Waals surface area contributed by atoms with Crippen LogP contribution in [0.1, 0.15) is 38.7 Å². The molecular formula is C19H25ClN2O4. The smallest absolute Gasteiger partial charge is 0.404 e. The van der Waals surface area contributed by atoms with Crippen molar-refractivity contribution in [3.05, 3.63) is 34.9 Å². The van der Waals surface area contributed by atoms with Crippen molar-refractivity contribution in [1.82, 2.24) is 10.2 Å². The molecule has 7 heteroatoms. The molecule has 3 rings (SSSR count). The highest BCUT2D eigenvalue weighted by molar-refractivity contribution is 6.30. The van der Waals surface area contributed by atoms with Crippen LogP contribution in [-0.4, -0.2) is 46.2 Å². The second kappa shape index (κ2) is 6.74. The summed E-state index contributed by atoms with van der Waals surface area (Å²) in [5, 5.41) is 23.3. The van der Waals surface area contributed by atoms with Gasteiger partial charge in [0.1, 0.15) is 0 Å². The second-order valence-electron chi connectivity index (χ2n) is 7.68. The molecule has 0 radical (unpaired) electrons. The number of rotatable bonds is 4. The van der Waals surface area contributed by atoms with Crippen molar-refractivity contribution in [2.45, 2.75) is 44.8 Å². The van der Waals surface area contributed by atoms with Crippen LogP contribution in [0, 0.1) is 11.3 Å². The number of benzene rings is 1. The number of aliphatic hydroxyl groups is 1. The molecule has 1 aromatic rings. The van der Waals surface area contributed by atoms with E-state index in [4.69, 9.17) is 16.7 Å². The highest BCUT2D eigenvalue weighted by Crippen LogP contribution is 2.62. The molecule has 2 amide bonds. The van der Waals surface area contributed by atoms with Gasteiger partial charge in [-0.25, -0.2) is 4.79 Å². The maximum Gasteiger partial charge on any atom is 0.404 e. The summed E-state index contributed by atoms with van der Waals surface area (Å²) in [4.78, 5) is 25.4. The molecule has 1 aliphatic carbocycles. The Kier molecular flexibility index (Phi) is 4.92. The van der Waals surface area contributed by atoms with Gasteiger partial charge in [-0.3, -0.25) is 4.79 Å². The number of halogens is 1. The van der Waals surface area contributed by atoms with Crippen molar-refractivity contribution in [2.75, 3.05) is 13.1 Å². The van der Waals surface area contributed by atoms with Crippen molar-refractivity contribution in [1.29, 1.82) is 0 Å². The van der Waals surface area contributed by atoms with Gasteiger partial charge in [0.2, 0.25) is 5.91 Å². The van der Waals surface area contributed by atoms with Crippen molar-refractivity contribution in [2.24, 2.45) is 11.3 Å². The largest absolute Gasteiger partial charge is 0.465 e. The molecule has 1 saturated heterocycles. The third-order valence-corrected chi connectivity index (χ3v) is 6.34. The number of amides is 2. The van der Waals surface area contributed by atoms with Gasteiger partial charge in [-0.2, -0.15) is 0 Å². The number of nitrogens with one attached hydrogen (secondary N) is 1. The van der Waals surface area contributed by atoms with Crippen molar-refractivity contribution >= 4 is 23.6 Å². The summed E-state index contributed by atoms with van der Waals surface area (Å²) >= 11 is 5.97. The Morgan fingerprint density at radius 3 is 2.35 bits per heavy atom. The number of carbonyl (C=O) groups is 2. The Morgan fingerprint density at radius 1 is 1.19 bits per heavy atom. The molecule has 2 fully saturated rings. The summed E-state index contributed by atoms with van der Waals surface area (Å²) in [6.07, 6.45) is 1.07. The van der Waals surface area contributed by atoms with Crippen LogP contribution in [-0.2, 0) is 10.4 Å². The van der Waals surface area contributed by atoms with E-state index in [1.807, 2.05) is 12.1 Å². The first-order valence-electron chi connectivity index (χ1n) is 8.95. The zero-order valence-electron chi connectivity index (χ0n) is 15.0. The van der Waals surface area contributed by atoms with E-state index in [1.165, 1.54) is 0 Å². The van der Waals surface area contributed by atoms with Gasteiger partial charge in [-0.1, -0.05) is 30.7 Å². The molecule has 0 bridgehead atoms. The van der Waals surface area contributed by atoms with Crippen LogP contribution in [0.3, 0.4) is 0 Å². The van der Waals surface area contributed by atoms with E-state index < -0.39 is 23.7 Å². The standard InChI is InChI=1S/C19H25ClN2O4/c1-12(13(2)21-17(24)25)16(23)22-10-9-19(26,18(11-22)7-8-18)14-3-5-15(20)6-4-14/h3-6,12-13,21,26H,7-11H2,1-2H3,(H,24,25)/t12?,13-,19?/m1/s1. The minimum absolute atomic E-state index is 0.0734. The van der Waals surface area contributed by atoms with Crippen LogP contribution in [0.5, 0.6) is 0 Å². The third kappa shape index (κ3) is 3.28. The van der Waals surface area contributed by atoms with Gasteiger partial charge in [-0.05, 0) is 43.9 Å². The van der Waals surface area contributed by atoms with E-state index in [9.17, 15) is 14.7 Å². The molecular weight excluding hydrogens is 356 g/mol. The first kappa shape index (κ1) is 19.0. The normalized spacial score (nSPS) is 26.2. The first-order valence-corrected chi connectivity index (χ1v) is 9.33. The van der Waals surface area contributed by atoms with Crippen LogP contribution < -0.4 is 5.32 Å². The molecule has 1 aromatic carbocycles. The number of hydrogen-bond donors (Lipinski definition) is 3. The quantitative estimate of drug-likeness (QED) is 0.749. The van der Waals surface area contributed by atoms with Crippen LogP contribution in [0.4, 0.5) is 4.79 Å². The maximum absolute atomic E-state index is 12.8. The molecule has 1 spiro atoms. The number of nitrogens with zero attached hydrogens (tertiary/aromatic N) is 1. The summed E-state index contributed by atoms with van der Waals surface area (Å²) in [5.41, 5.74) is -0.430. The van der Waals surface area contributed by atoms with E-state index in [-0.39, 0.29) is 11.3 Å². The zero-order chi connectivity index (χ0) is 19.1. The lowest BCUT2D eigenvalue weighted by Crippen LogP contribution is -2.55. The fourth-order valence-electron chi connectivity index (χ4n) is 4.05. The average molecular weight is 381 g/mol. The Bertz CT molecular complexity index is 704. The van der Waals surface area contributed by atoms with Gasteiger partial charge in [0.15, 0.2) is 0 Å². The lowest BCUT2D eigenvalue weighted by molar-refractivity contribution is -0.148. The fourth-order valence-corrected chi connectivity index (χ4v) is 4.17. The fraction of sp³-hybridized carbons (Fsp3) is 0.579. The van der Waals surface area contributed by atoms with Crippen molar-refractivity contribution in [3.63, 3.8) is 0 Å². The second-order valence-corrected chi connectivity index (χ2v) is 8.12. The Hall–Kier alpha value is -1.79. The summed E-state index contributed by atoms with van der Waals surface area (Å²) < 4.78 is 0. The van der Waals surface area contributed by atoms with Crippen LogP contribution >= 0.6 is 11.6 Å². The molecule has 142 valence electrons. The molecule has 1 heterocycles. The zero-order valence-corrected chi connectivity index (χ0v) is 15.8. The first-order chi connectivity index (χ1) is 12.2. The molecule has 3 atom stereocenters. The SMILES string of the molecule is CC(C(=O)N1CCC(O)(c2ccc(Cl)cc2)C2(CC2)C1)[C@@H](C)NC(=O)O. The lowest BCUT2D eigenvalue weighted by Gasteiger charge is -2.46. The molecule has 6 nitrogen and oxygen atoms in total. The number of hydrogen-bond acceptors (Lipinski definition) is 3. The van der Waals surface area contributed by atoms with Gasteiger partial charge < -0.3 is 20.4 Å². The van der Waals surface area contributed by atoms with Crippen molar-refractivity contribution in [3.8, 4) is 0 Å². The number of piperidine rings is 1. The minimum atomic E-state index is -1.13. The van der Waals surface area contributed by atoms with E-state index in [0.717, 1.165) is 18.4 Å². The molecule has 3 N–H and O–H groups in total. The molecule has 1 aliphatic heterocycles. The molecule has 2 unspecified atom stereocenters. The number of carbonyl (C=O) groups excluding carboxylic acids is 1. The lowest BCUT2D eigenvalue weighted by atomic mass is 9.73. The average Bonchev–Trinajstić information content (AvgIpc) is 3.37. The maximum atomic E-state index is 12.8. The van der Waals surface area contributed by atoms with Gasteiger partial charge in [-0.15, -0.1) is 0 Å². The highest BCUT2D eigenvalue weighted by atomic mass is 35.5. The van der Waals surface area contributed by atoms with E-state index >= 15 is 0 Å². The van der Waals surface area contributed by atoms with Crippen LogP contribution in [0.15, 0.2) is 24.3 Å². The molecule has 2 aliphatic rings. The molecule has 1 saturated carbocycles. The topological polar surface area (TPSA) is 89.9 Å². The summed E-state index contributed by atoms with van der Waals surface area (Å²) in [6.45, 7) is 4.37. The third-order valence-electron chi connectivity index (χ3n) is 6.09. The summed E-state index contributed by atoms with van der Waals surface area (Å²) in [5.74, 6) is -0.528. The van der Waals surface area contributed by atoms with Gasteiger partial charge in [0.05, 0.1) is 11.5 Å². The summed E-state index contributed by atoms with van der Waals surface area (Å²) in [7, 11) is 0. The van der Waals surface area contributed by atoms with E-state index in [1.54, 1.807) is 30.9 Å². The van der Waals surface area contributed by atoms with E-state index in [0.29, 0.717) is 24.5 Å². The summed E-state index contributed by atoms with van der Waals surface area (Å²) in [6, 6.07) is 6.82. The predicted octanol–water partition coefficient (Wildman–Crippen LogP) is 2.83. The van der Waals surface area contributed by atoms with Gasteiger partial charge >= 0.3 is 6.09 Å². The predicted molar refractivity (Wildman–Crippen MR) is 98.0 cm³/mol. The Balaban J connectivity index is 1.74. The van der Waals surface area contributed by atoms with Crippen LogP contribution in [0.2, 0.25) is 5.02 Å².